The molecule has 112 valence electrons. The number of likely N-dealkylation sites (N-methyl/N-ethyl adjacent to an activating group) is 1. The molecule has 1 saturated heterocycles. The lowest BCUT2D eigenvalue weighted by molar-refractivity contribution is -0.155. The predicted octanol–water partition coefficient (Wildman–Crippen LogP) is 0.270. The van der Waals surface area contributed by atoms with Crippen LogP contribution in [0.5, 0.6) is 0 Å². The van der Waals surface area contributed by atoms with Crippen molar-refractivity contribution < 1.29 is 14.4 Å². The Balaban J connectivity index is 1.99. The van der Waals surface area contributed by atoms with Crippen LogP contribution in [0.3, 0.4) is 0 Å². The second kappa shape index (κ2) is 6.13. The first-order valence-electron chi connectivity index (χ1n) is 6.27. The summed E-state index contributed by atoms with van der Waals surface area (Å²) in [5.41, 5.74) is 6.74. The Morgan fingerprint density at radius 3 is 2.71 bits per heavy atom. The second-order valence-corrected chi connectivity index (χ2v) is 5.60. The van der Waals surface area contributed by atoms with Crippen molar-refractivity contribution in [2.45, 2.75) is 0 Å². The number of nitrogens with one attached hydrogen (secondary N) is 1. The number of nitrogen functional groups attached to an aromatic ring is 1. The molecule has 1 aromatic rings. The van der Waals surface area contributed by atoms with Crippen molar-refractivity contribution >= 4 is 45.0 Å². The highest BCUT2D eigenvalue weighted by molar-refractivity contribution is 9.10. The molecule has 0 aliphatic carbocycles. The first-order valence-corrected chi connectivity index (χ1v) is 7.07. The number of halogens is 1. The third-order valence-corrected chi connectivity index (χ3v) is 3.78. The Labute approximate surface area is 130 Å². The van der Waals surface area contributed by atoms with E-state index in [0.717, 1.165) is 0 Å². The number of nitrogens with two attached hydrogens (primary N) is 1. The van der Waals surface area contributed by atoms with E-state index in [4.69, 9.17) is 5.73 Å². The van der Waals surface area contributed by atoms with E-state index >= 15 is 0 Å². The molecule has 1 aliphatic heterocycles. The minimum Gasteiger partial charge on any atom is -0.399 e. The average molecular weight is 355 g/mol. The van der Waals surface area contributed by atoms with Gasteiger partial charge in [0, 0.05) is 30.3 Å². The fourth-order valence-corrected chi connectivity index (χ4v) is 2.41. The molecule has 1 aliphatic rings. The first-order chi connectivity index (χ1) is 9.88. The highest BCUT2D eigenvalue weighted by Gasteiger charge is 2.31. The number of carbonyl (C=O) groups is 3. The highest BCUT2D eigenvalue weighted by Crippen LogP contribution is 2.24. The van der Waals surface area contributed by atoms with Gasteiger partial charge >= 0.3 is 11.8 Å². The Kier molecular flexibility index (Phi) is 4.46. The number of carbonyl (C=O) groups excluding carboxylic acids is 3. The van der Waals surface area contributed by atoms with Gasteiger partial charge in [0.05, 0.1) is 5.69 Å². The molecule has 1 aromatic carbocycles. The van der Waals surface area contributed by atoms with Gasteiger partial charge in [-0.2, -0.15) is 0 Å². The summed E-state index contributed by atoms with van der Waals surface area (Å²) in [7, 11) is 1.56. The van der Waals surface area contributed by atoms with E-state index in [0.29, 0.717) is 28.9 Å². The minimum atomic E-state index is -0.657. The predicted molar refractivity (Wildman–Crippen MR) is 81.4 cm³/mol. The third-order valence-electron chi connectivity index (χ3n) is 3.12. The molecule has 1 heterocycles. The van der Waals surface area contributed by atoms with E-state index in [9.17, 15) is 14.4 Å². The van der Waals surface area contributed by atoms with Gasteiger partial charge < -0.3 is 20.9 Å². The van der Waals surface area contributed by atoms with Crippen LogP contribution in [0.15, 0.2) is 22.7 Å². The van der Waals surface area contributed by atoms with Crippen LogP contribution in [0.4, 0.5) is 11.4 Å². The van der Waals surface area contributed by atoms with Gasteiger partial charge in [0.2, 0.25) is 5.91 Å². The van der Waals surface area contributed by atoms with E-state index in [1.807, 2.05) is 0 Å². The summed E-state index contributed by atoms with van der Waals surface area (Å²) in [5, 5.41) is 2.67. The van der Waals surface area contributed by atoms with Crippen molar-refractivity contribution in [1.82, 2.24) is 9.80 Å². The topological polar surface area (TPSA) is 95.7 Å². The van der Waals surface area contributed by atoms with Crippen LogP contribution in [0.25, 0.3) is 0 Å². The summed E-state index contributed by atoms with van der Waals surface area (Å²) >= 11 is 3.29. The Morgan fingerprint density at radius 1 is 1.33 bits per heavy atom. The van der Waals surface area contributed by atoms with Gasteiger partial charge in [-0.05, 0) is 34.1 Å². The maximum atomic E-state index is 12.0. The van der Waals surface area contributed by atoms with Crippen molar-refractivity contribution in [2.24, 2.45) is 0 Å². The third kappa shape index (κ3) is 3.52. The molecule has 8 heteroatoms. The van der Waals surface area contributed by atoms with Crippen LogP contribution in [0, 0.1) is 0 Å². The van der Waals surface area contributed by atoms with Gasteiger partial charge in [-0.25, -0.2) is 0 Å². The second-order valence-electron chi connectivity index (χ2n) is 4.74. The zero-order chi connectivity index (χ0) is 15.6. The van der Waals surface area contributed by atoms with E-state index < -0.39 is 11.8 Å². The number of anilines is 2. The highest BCUT2D eigenvalue weighted by atomic mass is 79.9. The van der Waals surface area contributed by atoms with Gasteiger partial charge in [-0.3, -0.25) is 14.4 Å². The SMILES string of the molecule is CN1CCN(CC(=O)Nc2ccc(N)cc2Br)C(=O)C1=O. The molecule has 0 saturated carbocycles. The zero-order valence-corrected chi connectivity index (χ0v) is 13.0. The monoisotopic (exact) mass is 354 g/mol. The summed E-state index contributed by atoms with van der Waals surface area (Å²) in [6, 6.07) is 4.99. The maximum absolute atomic E-state index is 12.0. The van der Waals surface area contributed by atoms with Crippen molar-refractivity contribution in [3.8, 4) is 0 Å². The number of piperazine rings is 1. The number of benzene rings is 1. The van der Waals surface area contributed by atoms with E-state index in [-0.39, 0.29) is 12.5 Å². The van der Waals surface area contributed by atoms with Gasteiger partial charge in [-0.15, -0.1) is 0 Å². The standard InChI is InChI=1S/C13H15BrN4O3/c1-17-4-5-18(13(21)12(17)20)7-11(19)16-10-3-2-8(15)6-9(10)14/h2-3,6H,4-5,7,15H2,1H3,(H,16,19). The van der Waals surface area contributed by atoms with Crippen molar-refractivity contribution in [1.29, 1.82) is 0 Å². The molecule has 3 amide bonds. The molecular formula is C13H15BrN4O3. The Hall–Kier alpha value is -2.09. The lowest BCUT2D eigenvalue weighted by atomic mass is 10.2. The molecule has 0 spiro atoms. The molecule has 0 aromatic heterocycles. The Morgan fingerprint density at radius 2 is 2.05 bits per heavy atom. The average Bonchev–Trinajstić information content (AvgIpc) is 2.43. The molecule has 0 atom stereocenters. The number of rotatable bonds is 3. The first kappa shape index (κ1) is 15.3. The molecule has 1 fully saturated rings. The van der Waals surface area contributed by atoms with E-state index in [1.54, 1.807) is 25.2 Å². The maximum Gasteiger partial charge on any atom is 0.312 e. The molecule has 0 bridgehead atoms. The van der Waals surface area contributed by atoms with Gasteiger partial charge in [0.1, 0.15) is 6.54 Å². The quantitative estimate of drug-likeness (QED) is 0.601. The van der Waals surface area contributed by atoms with Crippen LogP contribution >= 0.6 is 15.9 Å². The van der Waals surface area contributed by atoms with Crippen LogP contribution in [-0.4, -0.2) is 54.2 Å². The van der Waals surface area contributed by atoms with E-state index in [2.05, 4.69) is 21.2 Å². The number of amides is 3. The lowest BCUT2D eigenvalue weighted by Crippen LogP contribution is -2.54. The molecule has 0 unspecified atom stereocenters. The van der Waals surface area contributed by atoms with Gasteiger partial charge in [0.15, 0.2) is 0 Å². The lowest BCUT2D eigenvalue weighted by Gasteiger charge is -2.30. The van der Waals surface area contributed by atoms with Crippen LogP contribution in [0.2, 0.25) is 0 Å². The molecule has 21 heavy (non-hydrogen) atoms. The molecular weight excluding hydrogens is 340 g/mol. The number of hydrogen-bond acceptors (Lipinski definition) is 4. The smallest absolute Gasteiger partial charge is 0.312 e. The molecule has 2 rings (SSSR count). The summed E-state index contributed by atoms with van der Waals surface area (Å²) in [6.07, 6.45) is 0. The van der Waals surface area contributed by atoms with Gasteiger partial charge in [-0.1, -0.05) is 0 Å². The summed E-state index contributed by atoms with van der Waals surface area (Å²) in [6.45, 7) is 0.607. The zero-order valence-electron chi connectivity index (χ0n) is 11.4. The van der Waals surface area contributed by atoms with Crippen molar-refractivity contribution in [3.63, 3.8) is 0 Å². The molecule has 7 nitrogen and oxygen atoms in total. The molecule has 3 N–H and O–H groups in total. The number of nitrogens with zero attached hydrogens (tertiary/aromatic N) is 2. The normalized spacial score (nSPS) is 15.3. The summed E-state index contributed by atoms with van der Waals surface area (Å²) < 4.78 is 0.650. The van der Waals surface area contributed by atoms with E-state index in [1.165, 1.54) is 9.80 Å². The van der Waals surface area contributed by atoms with Crippen LogP contribution in [0.1, 0.15) is 0 Å². The van der Waals surface area contributed by atoms with Crippen LogP contribution < -0.4 is 11.1 Å². The fraction of sp³-hybridized carbons (Fsp3) is 0.308. The fourth-order valence-electron chi connectivity index (χ4n) is 1.92. The summed E-state index contributed by atoms with van der Waals surface area (Å²) in [4.78, 5) is 37.9. The summed E-state index contributed by atoms with van der Waals surface area (Å²) in [5.74, 6) is -1.62. The number of hydrogen-bond donors (Lipinski definition) is 2. The van der Waals surface area contributed by atoms with Crippen molar-refractivity contribution in [2.75, 3.05) is 37.7 Å². The van der Waals surface area contributed by atoms with Crippen LogP contribution in [-0.2, 0) is 14.4 Å². The van der Waals surface area contributed by atoms with Crippen molar-refractivity contribution in [3.05, 3.63) is 22.7 Å². The largest absolute Gasteiger partial charge is 0.399 e. The minimum absolute atomic E-state index is 0.158. The Bertz CT molecular complexity index is 605. The molecule has 0 radical (unpaired) electrons. The van der Waals surface area contributed by atoms with Gasteiger partial charge in [0.25, 0.3) is 0 Å².